The smallest absolute Gasteiger partial charge is 0.328 e. The van der Waals surface area contributed by atoms with Gasteiger partial charge in [-0.2, -0.15) is 0 Å². The minimum Gasteiger partial charge on any atom is -0.478 e. The number of carboxylic acid groups (broad SMARTS) is 1. The summed E-state index contributed by atoms with van der Waals surface area (Å²) in [5.41, 5.74) is 6.83. The number of allylic oxidation sites excluding steroid dienone is 3. The number of hydrogen-bond acceptors (Lipinski definition) is 2. The molecule has 2 rings (SSSR count). The number of carbonyl (C=O) groups is 1. The van der Waals surface area contributed by atoms with Crippen LogP contribution in [0, 0.1) is 0 Å². The van der Waals surface area contributed by atoms with Gasteiger partial charge >= 0.3 is 5.97 Å². The number of fused-ring (bicyclic) bond motifs is 1. The lowest BCUT2D eigenvalue weighted by atomic mass is 10.1. The molecule has 3 N–H and O–H groups in total. The van der Waals surface area contributed by atoms with E-state index in [1.807, 2.05) is 25.1 Å². The van der Waals surface area contributed by atoms with E-state index >= 15 is 0 Å². The van der Waals surface area contributed by atoms with Crippen molar-refractivity contribution in [1.82, 2.24) is 0 Å². The fourth-order valence-electron chi connectivity index (χ4n) is 1.72. The predicted molar refractivity (Wildman–Crippen MR) is 83.4 cm³/mol. The standard InChI is InChI=1S/C11H11N.C6H8O2/c12-8-10-6-3-5-9-4-1-2-7-11(9)10;1-2-3-4-5-6(7)8/h1-7H,8,12H2;2-5H,1H3,(H,7,8). The Kier molecular flexibility index (Phi) is 6.79. The van der Waals surface area contributed by atoms with Crippen LogP contribution >= 0.6 is 0 Å². The second-order valence-electron chi connectivity index (χ2n) is 4.07. The van der Waals surface area contributed by atoms with E-state index in [-0.39, 0.29) is 0 Å². The van der Waals surface area contributed by atoms with Crippen molar-refractivity contribution in [2.24, 2.45) is 5.73 Å². The van der Waals surface area contributed by atoms with Gasteiger partial charge in [0.1, 0.15) is 0 Å². The van der Waals surface area contributed by atoms with Crippen molar-refractivity contribution in [2.45, 2.75) is 13.5 Å². The normalized spacial score (nSPS) is 10.7. The topological polar surface area (TPSA) is 63.3 Å². The molecular formula is C17H19NO2. The molecule has 0 aliphatic heterocycles. The van der Waals surface area contributed by atoms with Crippen molar-refractivity contribution in [3.05, 3.63) is 72.3 Å². The van der Waals surface area contributed by atoms with Gasteiger partial charge in [-0.15, -0.1) is 0 Å². The average molecular weight is 269 g/mol. The Morgan fingerprint density at radius 1 is 1.15 bits per heavy atom. The average Bonchev–Trinajstić information content (AvgIpc) is 2.47. The zero-order valence-corrected chi connectivity index (χ0v) is 11.5. The third-order valence-electron chi connectivity index (χ3n) is 2.64. The molecule has 20 heavy (non-hydrogen) atoms. The van der Waals surface area contributed by atoms with Gasteiger partial charge < -0.3 is 10.8 Å². The highest BCUT2D eigenvalue weighted by Gasteiger charge is 1.95. The van der Waals surface area contributed by atoms with Crippen LogP contribution in [0.5, 0.6) is 0 Å². The summed E-state index contributed by atoms with van der Waals surface area (Å²) >= 11 is 0. The van der Waals surface area contributed by atoms with Crippen LogP contribution in [0.3, 0.4) is 0 Å². The van der Waals surface area contributed by atoms with Crippen molar-refractivity contribution in [3.8, 4) is 0 Å². The molecule has 0 unspecified atom stereocenters. The second kappa shape index (κ2) is 8.67. The van der Waals surface area contributed by atoms with Gasteiger partial charge in [0.2, 0.25) is 0 Å². The molecule has 2 aromatic rings. The maximum Gasteiger partial charge on any atom is 0.328 e. The summed E-state index contributed by atoms with van der Waals surface area (Å²) in [5.74, 6) is -0.914. The SMILES string of the molecule is CC=CC=CC(=O)O.NCc1cccc2ccccc12. The van der Waals surface area contributed by atoms with Gasteiger partial charge in [-0.3, -0.25) is 0 Å². The molecule has 0 aliphatic carbocycles. The van der Waals surface area contributed by atoms with Crippen molar-refractivity contribution >= 4 is 16.7 Å². The van der Waals surface area contributed by atoms with E-state index in [0.717, 1.165) is 6.08 Å². The van der Waals surface area contributed by atoms with Crippen LogP contribution in [0.1, 0.15) is 12.5 Å². The van der Waals surface area contributed by atoms with Crippen molar-refractivity contribution in [2.75, 3.05) is 0 Å². The third-order valence-corrected chi connectivity index (χ3v) is 2.64. The van der Waals surface area contributed by atoms with Crippen LogP contribution in [-0.4, -0.2) is 11.1 Å². The number of nitrogens with two attached hydrogens (primary N) is 1. The van der Waals surface area contributed by atoms with Gasteiger partial charge in [-0.25, -0.2) is 4.79 Å². The lowest BCUT2D eigenvalue weighted by molar-refractivity contribution is -0.131. The first-order chi connectivity index (χ1) is 9.69. The van der Waals surface area contributed by atoms with Crippen LogP contribution < -0.4 is 5.73 Å². The van der Waals surface area contributed by atoms with E-state index in [1.165, 1.54) is 22.4 Å². The highest BCUT2D eigenvalue weighted by atomic mass is 16.4. The Bertz CT molecular complexity index is 610. The van der Waals surface area contributed by atoms with Crippen LogP contribution in [0.15, 0.2) is 66.8 Å². The Balaban J connectivity index is 0.000000221. The van der Waals surface area contributed by atoms with E-state index in [2.05, 4.69) is 24.3 Å². The zero-order valence-electron chi connectivity index (χ0n) is 11.5. The van der Waals surface area contributed by atoms with E-state index < -0.39 is 5.97 Å². The van der Waals surface area contributed by atoms with E-state index in [1.54, 1.807) is 12.2 Å². The molecule has 0 spiro atoms. The molecule has 3 nitrogen and oxygen atoms in total. The Morgan fingerprint density at radius 2 is 1.85 bits per heavy atom. The number of aliphatic carboxylic acids is 1. The van der Waals surface area contributed by atoms with E-state index in [0.29, 0.717) is 6.54 Å². The molecule has 0 atom stereocenters. The third kappa shape index (κ3) is 5.08. The molecule has 0 radical (unpaired) electrons. The quantitative estimate of drug-likeness (QED) is 0.662. The number of rotatable bonds is 3. The Labute approximate surface area is 119 Å². The van der Waals surface area contributed by atoms with Gasteiger partial charge in [0, 0.05) is 12.6 Å². The maximum absolute atomic E-state index is 9.75. The van der Waals surface area contributed by atoms with Crippen LogP contribution in [0.2, 0.25) is 0 Å². The predicted octanol–water partition coefficient (Wildman–Crippen LogP) is 3.50. The van der Waals surface area contributed by atoms with Crippen molar-refractivity contribution < 1.29 is 9.90 Å². The first-order valence-electron chi connectivity index (χ1n) is 6.38. The van der Waals surface area contributed by atoms with E-state index in [9.17, 15) is 4.79 Å². The molecule has 2 aromatic carbocycles. The zero-order chi connectivity index (χ0) is 14.8. The molecule has 0 saturated carbocycles. The highest BCUT2D eigenvalue weighted by Crippen LogP contribution is 2.17. The molecule has 0 aromatic heterocycles. The molecule has 0 saturated heterocycles. The minimum atomic E-state index is -0.914. The molecule has 0 bridgehead atoms. The molecule has 104 valence electrons. The molecule has 3 heteroatoms. The largest absolute Gasteiger partial charge is 0.478 e. The first kappa shape index (κ1) is 15.7. The summed E-state index contributed by atoms with van der Waals surface area (Å²) in [6.07, 6.45) is 5.98. The lowest BCUT2D eigenvalue weighted by Gasteiger charge is -2.02. The molecule has 0 amide bonds. The van der Waals surface area contributed by atoms with E-state index in [4.69, 9.17) is 10.8 Å². The van der Waals surface area contributed by atoms with Gasteiger partial charge in [-0.05, 0) is 23.3 Å². The maximum atomic E-state index is 9.75. The van der Waals surface area contributed by atoms with Gasteiger partial charge in [0.25, 0.3) is 0 Å². The fraction of sp³-hybridized carbons (Fsp3) is 0.118. The summed E-state index contributed by atoms with van der Waals surface area (Å²) in [5, 5.41) is 10.5. The van der Waals surface area contributed by atoms with Crippen molar-refractivity contribution in [1.29, 1.82) is 0 Å². The first-order valence-corrected chi connectivity index (χ1v) is 6.38. The summed E-state index contributed by atoms with van der Waals surface area (Å²) in [6.45, 7) is 2.44. The number of carboxylic acids is 1. The number of benzene rings is 2. The van der Waals surface area contributed by atoms with Crippen LogP contribution in [0.25, 0.3) is 10.8 Å². The highest BCUT2D eigenvalue weighted by molar-refractivity contribution is 5.85. The molecule has 0 aliphatic rings. The second-order valence-corrected chi connectivity index (χ2v) is 4.07. The summed E-state index contributed by atoms with van der Waals surface area (Å²) in [4.78, 5) is 9.75. The lowest BCUT2D eigenvalue weighted by Crippen LogP contribution is -1.96. The molecule has 0 fully saturated rings. The fourth-order valence-corrected chi connectivity index (χ4v) is 1.72. The van der Waals surface area contributed by atoms with Crippen LogP contribution in [-0.2, 0) is 11.3 Å². The van der Waals surface area contributed by atoms with Gasteiger partial charge in [0.05, 0.1) is 0 Å². The number of hydrogen-bond donors (Lipinski definition) is 2. The van der Waals surface area contributed by atoms with Crippen LogP contribution in [0.4, 0.5) is 0 Å². The Hall–Kier alpha value is -2.39. The summed E-state index contributed by atoms with van der Waals surface area (Å²) in [7, 11) is 0. The van der Waals surface area contributed by atoms with Gasteiger partial charge in [-0.1, -0.05) is 60.7 Å². The minimum absolute atomic E-state index is 0.612. The molecular weight excluding hydrogens is 250 g/mol. The monoisotopic (exact) mass is 269 g/mol. The van der Waals surface area contributed by atoms with Gasteiger partial charge in [0.15, 0.2) is 0 Å². The summed E-state index contributed by atoms with van der Waals surface area (Å²) in [6, 6.07) is 14.5. The molecule has 0 heterocycles. The van der Waals surface area contributed by atoms with Crippen molar-refractivity contribution in [3.63, 3.8) is 0 Å². The summed E-state index contributed by atoms with van der Waals surface area (Å²) < 4.78 is 0. The Morgan fingerprint density at radius 3 is 2.50 bits per heavy atom.